The summed E-state index contributed by atoms with van der Waals surface area (Å²) in [6, 6.07) is 15.5. The molecule has 0 fully saturated rings. The largest absolute Gasteiger partial charge is 0.489 e. The molecule has 0 aliphatic carbocycles. The highest BCUT2D eigenvalue weighted by molar-refractivity contribution is 5.85. The van der Waals surface area contributed by atoms with E-state index >= 15 is 0 Å². The van der Waals surface area contributed by atoms with Crippen LogP contribution < -0.4 is 9.64 Å². The number of aliphatic imine (C=N–C) groups is 1. The minimum atomic E-state index is -0.616. The predicted molar refractivity (Wildman–Crippen MR) is 113 cm³/mol. The molecule has 0 saturated carbocycles. The van der Waals surface area contributed by atoms with Crippen LogP contribution in [-0.2, 0) is 24.5 Å². The van der Waals surface area contributed by atoms with E-state index in [9.17, 15) is 8.78 Å². The number of hydrogen-bond acceptors (Lipinski definition) is 4. The molecule has 6 heteroatoms. The molecule has 0 radical (unpaired) electrons. The van der Waals surface area contributed by atoms with Gasteiger partial charge in [-0.05, 0) is 47.9 Å². The van der Waals surface area contributed by atoms with Gasteiger partial charge in [-0.2, -0.15) is 0 Å². The van der Waals surface area contributed by atoms with E-state index in [-0.39, 0.29) is 12.2 Å². The van der Waals surface area contributed by atoms with Crippen molar-refractivity contribution in [1.29, 1.82) is 0 Å². The number of benzene rings is 3. The van der Waals surface area contributed by atoms with Crippen molar-refractivity contribution in [1.82, 2.24) is 0 Å². The SMILES string of the molecule is COCc1ccc2c(c1)N=CN(c1cc(OCc3c(F)cccc3F)ccc1C)C2. The van der Waals surface area contributed by atoms with Crippen LogP contribution in [0.25, 0.3) is 0 Å². The lowest BCUT2D eigenvalue weighted by molar-refractivity contribution is 0.185. The van der Waals surface area contributed by atoms with Crippen LogP contribution in [0, 0.1) is 18.6 Å². The van der Waals surface area contributed by atoms with Crippen LogP contribution in [0.15, 0.2) is 59.6 Å². The number of anilines is 1. The standard InChI is InChI=1S/C24H22F2N2O2/c1-16-6-9-19(30-14-20-21(25)4-3-5-22(20)26)11-24(16)28-12-18-8-7-17(13-29-2)10-23(18)27-15-28/h3-11,15H,12-14H2,1-2H3. The summed E-state index contributed by atoms with van der Waals surface area (Å²) in [6.45, 7) is 3.03. The molecule has 3 aromatic rings. The summed E-state index contributed by atoms with van der Waals surface area (Å²) in [7, 11) is 1.67. The Hall–Kier alpha value is -3.25. The minimum Gasteiger partial charge on any atom is -0.489 e. The van der Waals surface area contributed by atoms with Gasteiger partial charge in [0.2, 0.25) is 0 Å². The highest BCUT2D eigenvalue weighted by Crippen LogP contribution is 2.32. The Morgan fingerprint density at radius 2 is 1.80 bits per heavy atom. The Morgan fingerprint density at radius 1 is 1.00 bits per heavy atom. The number of halogens is 2. The van der Waals surface area contributed by atoms with E-state index < -0.39 is 11.6 Å². The first-order valence-electron chi connectivity index (χ1n) is 9.63. The molecule has 4 nitrogen and oxygen atoms in total. The van der Waals surface area contributed by atoms with Crippen LogP contribution in [0.5, 0.6) is 5.75 Å². The smallest absolute Gasteiger partial charge is 0.132 e. The molecule has 1 aliphatic heterocycles. The van der Waals surface area contributed by atoms with Crippen molar-refractivity contribution in [3.05, 3.63) is 88.5 Å². The van der Waals surface area contributed by atoms with Crippen molar-refractivity contribution in [2.24, 2.45) is 4.99 Å². The van der Waals surface area contributed by atoms with Gasteiger partial charge >= 0.3 is 0 Å². The number of aryl methyl sites for hydroxylation is 1. The molecule has 0 aromatic heterocycles. The fraction of sp³-hybridized carbons (Fsp3) is 0.208. The third-order valence-corrected chi connectivity index (χ3v) is 5.07. The average Bonchev–Trinajstić information content (AvgIpc) is 2.74. The van der Waals surface area contributed by atoms with Crippen molar-refractivity contribution in [3.63, 3.8) is 0 Å². The Morgan fingerprint density at radius 3 is 2.57 bits per heavy atom. The van der Waals surface area contributed by atoms with Crippen molar-refractivity contribution in [3.8, 4) is 5.75 Å². The van der Waals surface area contributed by atoms with Gasteiger partial charge in [-0.15, -0.1) is 0 Å². The third-order valence-electron chi connectivity index (χ3n) is 5.07. The average molecular weight is 408 g/mol. The maximum atomic E-state index is 13.9. The second kappa shape index (κ2) is 8.63. The van der Waals surface area contributed by atoms with Gasteiger partial charge in [-0.1, -0.05) is 24.3 Å². The van der Waals surface area contributed by atoms with Gasteiger partial charge in [-0.3, -0.25) is 0 Å². The third kappa shape index (κ3) is 4.19. The van der Waals surface area contributed by atoms with Gasteiger partial charge in [0.25, 0.3) is 0 Å². The molecule has 0 spiro atoms. The predicted octanol–water partition coefficient (Wildman–Crippen LogP) is 5.68. The molecular weight excluding hydrogens is 386 g/mol. The molecule has 4 rings (SSSR count). The van der Waals surface area contributed by atoms with E-state index in [1.54, 1.807) is 19.5 Å². The summed E-state index contributed by atoms with van der Waals surface area (Å²) in [5, 5.41) is 0. The lowest BCUT2D eigenvalue weighted by atomic mass is 10.1. The second-order valence-electron chi connectivity index (χ2n) is 7.21. The van der Waals surface area contributed by atoms with E-state index in [2.05, 4.69) is 11.1 Å². The lowest BCUT2D eigenvalue weighted by Gasteiger charge is -2.26. The zero-order valence-corrected chi connectivity index (χ0v) is 16.9. The quantitative estimate of drug-likeness (QED) is 0.526. The fourth-order valence-corrected chi connectivity index (χ4v) is 3.44. The fourth-order valence-electron chi connectivity index (χ4n) is 3.44. The molecule has 0 amide bonds. The zero-order chi connectivity index (χ0) is 21.1. The molecule has 30 heavy (non-hydrogen) atoms. The number of rotatable bonds is 6. The number of ether oxygens (including phenoxy) is 2. The number of methoxy groups -OCH3 is 1. The van der Waals surface area contributed by atoms with Gasteiger partial charge in [-0.25, -0.2) is 13.8 Å². The zero-order valence-electron chi connectivity index (χ0n) is 16.9. The second-order valence-corrected chi connectivity index (χ2v) is 7.21. The van der Waals surface area contributed by atoms with Crippen LogP contribution in [-0.4, -0.2) is 13.4 Å². The van der Waals surface area contributed by atoms with Gasteiger partial charge in [0, 0.05) is 18.9 Å². The van der Waals surface area contributed by atoms with E-state index in [1.165, 1.54) is 18.2 Å². The van der Waals surface area contributed by atoms with Crippen LogP contribution in [0.4, 0.5) is 20.2 Å². The van der Waals surface area contributed by atoms with E-state index in [0.717, 1.165) is 28.1 Å². The highest BCUT2D eigenvalue weighted by atomic mass is 19.1. The van der Waals surface area contributed by atoms with Crippen LogP contribution in [0.1, 0.15) is 22.3 Å². The maximum absolute atomic E-state index is 13.9. The molecular formula is C24H22F2N2O2. The monoisotopic (exact) mass is 408 g/mol. The molecule has 154 valence electrons. The van der Waals surface area contributed by atoms with Crippen molar-refractivity contribution < 1.29 is 18.3 Å². The summed E-state index contributed by atoms with van der Waals surface area (Å²) in [4.78, 5) is 6.62. The molecule has 0 N–H and O–H groups in total. The molecule has 0 atom stereocenters. The summed E-state index contributed by atoms with van der Waals surface area (Å²) < 4.78 is 38.6. The van der Waals surface area contributed by atoms with Crippen molar-refractivity contribution in [2.45, 2.75) is 26.7 Å². The Bertz CT molecular complexity index is 1080. The van der Waals surface area contributed by atoms with Gasteiger partial charge < -0.3 is 14.4 Å². The van der Waals surface area contributed by atoms with E-state index in [1.807, 2.05) is 36.1 Å². The summed E-state index contributed by atoms with van der Waals surface area (Å²) in [5.74, 6) is -0.696. The van der Waals surface area contributed by atoms with Crippen molar-refractivity contribution in [2.75, 3.05) is 12.0 Å². The van der Waals surface area contributed by atoms with Crippen molar-refractivity contribution >= 4 is 17.7 Å². The molecule has 1 heterocycles. The summed E-state index contributed by atoms with van der Waals surface area (Å²) in [5.41, 5.74) is 5.01. The van der Waals surface area contributed by atoms with E-state index in [4.69, 9.17) is 9.47 Å². The van der Waals surface area contributed by atoms with Gasteiger partial charge in [0.1, 0.15) is 24.0 Å². The minimum absolute atomic E-state index is 0.0834. The van der Waals surface area contributed by atoms with Crippen LogP contribution >= 0.6 is 0 Å². The Labute approximate surface area is 174 Å². The first-order chi connectivity index (χ1) is 14.5. The molecule has 0 bridgehead atoms. The summed E-state index contributed by atoms with van der Waals surface area (Å²) >= 11 is 0. The molecule has 0 saturated heterocycles. The normalized spacial score (nSPS) is 12.7. The number of fused-ring (bicyclic) bond motifs is 1. The molecule has 3 aromatic carbocycles. The Balaban J connectivity index is 1.53. The van der Waals surface area contributed by atoms with Gasteiger partial charge in [0.05, 0.1) is 30.7 Å². The van der Waals surface area contributed by atoms with Gasteiger partial charge in [0.15, 0.2) is 0 Å². The topological polar surface area (TPSA) is 34.1 Å². The van der Waals surface area contributed by atoms with Crippen LogP contribution in [0.2, 0.25) is 0 Å². The first-order valence-corrected chi connectivity index (χ1v) is 9.63. The first kappa shape index (κ1) is 20.0. The summed E-state index contributed by atoms with van der Waals surface area (Å²) in [6.07, 6.45) is 1.79. The van der Waals surface area contributed by atoms with Crippen LogP contribution in [0.3, 0.4) is 0 Å². The molecule has 0 unspecified atom stereocenters. The number of hydrogen-bond donors (Lipinski definition) is 0. The lowest BCUT2D eigenvalue weighted by Crippen LogP contribution is -2.24. The van der Waals surface area contributed by atoms with E-state index in [0.29, 0.717) is 18.9 Å². The number of nitrogens with zero attached hydrogens (tertiary/aromatic N) is 2. The highest BCUT2D eigenvalue weighted by Gasteiger charge is 2.17. The maximum Gasteiger partial charge on any atom is 0.132 e. The molecule has 1 aliphatic rings. The Kier molecular flexibility index (Phi) is 5.77.